The lowest BCUT2D eigenvalue weighted by Gasteiger charge is -2.34. The molecule has 0 N–H and O–H groups in total. The number of hydrogen-bond acceptors (Lipinski definition) is 1. The monoisotopic (exact) mass is 737 g/mol. The molecule has 58 heavy (non-hydrogen) atoms. The van der Waals surface area contributed by atoms with E-state index in [-0.39, 0.29) is 0 Å². The molecule has 11 rings (SSSR count). The van der Waals surface area contributed by atoms with Gasteiger partial charge in [0, 0.05) is 16.8 Å². The molecule has 10 aromatic rings. The number of nitrogens with zero attached hydrogens (tertiary/aromatic N) is 1. The first-order valence-electron chi connectivity index (χ1n) is 20.1. The van der Waals surface area contributed by atoms with Gasteiger partial charge in [0.05, 0.1) is 16.8 Å². The molecule has 0 aliphatic heterocycles. The van der Waals surface area contributed by atoms with Gasteiger partial charge in [-0.1, -0.05) is 206 Å². The molecular formula is C57H39N. The minimum atomic E-state index is -0.488. The normalized spacial score (nSPS) is 12.6. The first-order valence-corrected chi connectivity index (χ1v) is 20.1. The molecule has 0 atom stereocenters. The van der Waals surface area contributed by atoms with E-state index in [0.717, 1.165) is 17.1 Å². The van der Waals surface area contributed by atoms with Crippen molar-refractivity contribution in [2.75, 3.05) is 4.90 Å². The highest BCUT2D eigenvalue weighted by molar-refractivity contribution is 6.08. The summed E-state index contributed by atoms with van der Waals surface area (Å²) in [6.07, 6.45) is 0. The van der Waals surface area contributed by atoms with E-state index in [1.54, 1.807) is 0 Å². The van der Waals surface area contributed by atoms with Crippen LogP contribution in [0.25, 0.3) is 54.9 Å². The van der Waals surface area contributed by atoms with Crippen molar-refractivity contribution in [2.24, 2.45) is 0 Å². The number of benzene rings is 10. The average molecular weight is 738 g/mol. The first-order chi connectivity index (χ1) is 28.8. The predicted molar refractivity (Wildman–Crippen MR) is 244 cm³/mol. The Morgan fingerprint density at radius 3 is 1.60 bits per heavy atom. The summed E-state index contributed by atoms with van der Waals surface area (Å²) in [5.41, 5.74) is 15.3. The zero-order valence-corrected chi connectivity index (χ0v) is 32.0. The van der Waals surface area contributed by atoms with Crippen molar-refractivity contribution in [2.45, 2.75) is 5.41 Å². The molecule has 0 amide bonds. The highest BCUT2D eigenvalue weighted by Gasteiger charge is 2.47. The van der Waals surface area contributed by atoms with Gasteiger partial charge in [-0.2, -0.15) is 0 Å². The SMILES string of the molecule is c1ccc(N(c2ccccc2-c2ccc(-c3ccc4c(ccc5ccccc54)c3)cc2)c2cccc3c2-c2ccccc2C3(c2ccccc2)c2ccccc2)cc1. The molecule has 0 saturated carbocycles. The number of anilines is 3. The number of hydrogen-bond donors (Lipinski definition) is 0. The van der Waals surface area contributed by atoms with Gasteiger partial charge in [-0.15, -0.1) is 0 Å². The standard InChI is InChI=1S/C57H39N/c1-4-18-45(19-5-1)57(46-20-6-2-7-21-46)52-27-14-12-26-51(52)56-53(57)28-16-30-55(56)58(47-22-8-3-9-23-47)54-29-15-13-25-50(54)42-33-31-40(32-34-42)43-37-38-49-44(39-43)36-35-41-17-10-11-24-48(41)49/h1-39H. The number of fused-ring (bicyclic) bond motifs is 6. The maximum absolute atomic E-state index is 2.47. The van der Waals surface area contributed by atoms with E-state index in [2.05, 4.69) is 241 Å². The van der Waals surface area contributed by atoms with E-state index < -0.39 is 5.41 Å². The van der Waals surface area contributed by atoms with E-state index in [1.807, 2.05) is 0 Å². The zero-order valence-electron chi connectivity index (χ0n) is 32.0. The smallest absolute Gasteiger partial charge is 0.0714 e. The van der Waals surface area contributed by atoms with Crippen LogP contribution in [0.1, 0.15) is 22.3 Å². The summed E-state index contributed by atoms with van der Waals surface area (Å²) in [5.74, 6) is 0. The maximum Gasteiger partial charge on any atom is 0.0714 e. The topological polar surface area (TPSA) is 3.24 Å². The van der Waals surface area contributed by atoms with Crippen LogP contribution in [0.3, 0.4) is 0 Å². The second-order valence-electron chi connectivity index (χ2n) is 15.2. The summed E-state index contributed by atoms with van der Waals surface area (Å²) in [5, 5.41) is 5.10. The molecular weight excluding hydrogens is 699 g/mol. The van der Waals surface area contributed by atoms with Crippen molar-refractivity contribution < 1.29 is 0 Å². The summed E-state index contributed by atoms with van der Waals surface area (Å²) in [7, 11) is 0. The molecule has 0 unspecified atom stereocenters. The Kier molecular flexibility index (Phi) is 8.12. The first kappa shape index (κ1) is 33.8. The highest BCUT2D eigenvalue weighted by Crippen LogP contribution is 2.59. The lowest BCUT2D eigenvalue weighted by molar-refractivity contribution is 0.768. The molecule has 0 saturated heterocycles. The van der Waals surface area contributed by atoms with Crippen molar-refractivity contribution in [3.63, 3.8) is 0 Å². The minimum absolute atomic E-state index is 0.488. The molecule has 1 heteroatoms. The fourth-order valence-corrected chi connectivity index (χ4v) is 9.59. The number of para-hydroxylation sites is 2. The van der Waals surface area contributed by atoms with Crippen molar-refractivity contribution in [3.05, 3.63) is 259 Å². The minimum Gasteiger partial charge on any atom is -0.309 e. The van der Waals surface area contributed by atoms with Crippen LogP contribution in [-0.2, 0) is 5.41 Å². The second kappa shape index (κ2) is 13.9. The molecule has 0 heterocycles. The van der Waals surface area contributed by atoms with Crippen LogP contribution in [-0.4, -0.2) is 0 Å². The lowest BCUT2D eigenvalue weighted by Crippen LogP contribution is -2.28. The Morgan fingerprint density at radius 1 is 0.310 bits per heavy atom. The molecule has 0 fully saturated rings. The van der Waals surface area contributed by atoms with Crippen molar-refractivity contribution in [1.82, 2.24) is 0 Å². The van der Waals surface area contributed by atoms with Gasteiger partial charge in [0.15, 0.2) is 0 Å². The number of rotatable bonds is 7. The Bertz CT molecular complexity index is 3050. The van der Waals surface area contributed by atoms with Crippen molar-refractivity contribution in [1.29, 1.82) is 0 Å². The zero-order chi connectivity index (χ0) is 38.5. The summed E-state index contributed by atoms with van der Waals surface area (Å²) in [4.78, 5) is 2.47. The third kappa shape index (κ3) is 5.32. The predicted octanol–water partition coefficient (Wildman–Crippen LogP) is 15.2. The van der Waals surface area contributed by atoms with Crippen LogP contribution in [0, 0.1) is 0 Å². The maximum atomic E-state index is 2.47. The fourth-order valence-electron chi connectivity index (χ4n) is 9.59. The van der Waals surface area contributed by atoms with E-state index >= 15 is 0 Å². The van der Waals surface area contributed by atoms with Crippen LogP contribution < -0.4 is 4.90 Å². The molecule has 272 valence electrons. The molecule has 0 radical (unpaired) electrons. The van der Waals surface area contributed by atoms with E-state index in [9.17, 15) is 0 Å². The van der Waals surface area contributed by atoms with Crippen LogP contribution in [0.4, 0.5) is 17.1 Å². The molecule has 1 aliphatic rings. The van der Waals surface area contributed by atoms with E-state index in [0.29, 0.717) is 0 Å². The van der Waals surface area contributed by atoms with Crippen LogP contribution >= 0.6 is 0 Å². The van der Waals surface area contributed by atoms with Crippen LogP contribution in [0.5, 0.6) is 0 Å². The third-order valence-electron chi connectivity index (χ3n) is 12.1. The Hall–Kier alpha value is -7.48. The van der Waals surface area contributed by atoms with Gasteiger partial charge >= 0.3 is 0 Å². The average Bonchev–Trinajstić information content (AvgIpc) is 3.62. The van der Waals surface area contributed by atoms with Gasteiger partial charge in [0.25, 0.3) is 0 Å². The second-order valence-corrected chi connectivity index (χ2v) is 15.2. The lowest BCUT2D eigenvalue weighted by atomic mass is 9.68. The van der Waals surface area contributed by atoms with Gasteiger partial charge in [-0.05, 0) is 96.4 Å². The summed E-state index contributed by atoms with van der Waals surface area (Å²) >= 11 is 0. The Balaban J connectivity index is 1.08. The molecule has 1 nitrogen and oxygen atoms in total. The Morgan fingerprint density at radius 2 is 0.845 bits per heavy atom. The quantitative estimate of drug-likeness (QED) is 0.147. The van der Waals surface area contributed by atoms with Crippen molar-refractivity contribution in [3.8, 4) is 33.4 Å². The van der Waals surface area contributed by atoms with Gasteiger partial charge < -0.3 is 4.90 Å². The fraction of sp³-hybridized carbons (Fsp3) is 0.0175. The summed E-state index contributed by atoms with van der Waals surface area (Å²) in [6.45, 7) is 0. The van der Waals surface area contributed by atoms with Crippen LogP contribution in [0.15, 0.2) is 237 Å². The van der Waals surface area contributed by atoms with E-state index in [1.165, 1.54) is 77.2 Å². The molecule has 1 aliphatic carbocycles. The van der Waals surface area contributed by atoms with Gasteiger partial charge in [-0.25, -0.2) is 0 Å². The van der Waals surface area contributed by atoms with Crippen molar-refractivity contribution >= 4 is 38.6 Å². The molecule has 10 aromatic carbocycles. The molecule has 0 aromatic heterocycles. The van der Waals surface area contributed by atoms with Gasteiger partial charge in [0.2, 0.25) is 0 Å². The Labute approximate surface area is 339 Å². The largest absolute Gasteiger partial charge is 0.309 e. The molecule has 0 spiro atoms. The van der Waals surface area contributed by atoms with E-state index in [4.69, 9.17) is 0 Å². The third-order valence-corrected chi connectivity index (χ3v) is 12.1. The summed E-state index contributed by atoms with van der Waals surface area (Å²) < 4.78 is 0. The van der Waals surface area contributed by atoms with Gasteiger partial charge in [0.1, 0.15) is 0 Å². The summed E-state index contributed by atoms with van der Waals surface area (Å²) in [6, 6.07) is 86.7. The molecule has 0 bridgehead atoms. The highest BCUT2D eigenvalue weighted by atomic mass is 15.1. The van der Waals surface area contributed by atoms with Gasteiger partial charge in [-0.3, -0.25) is 0 Å². The van der Waals surface area contributed by atoms with Crippen LogP contribution in [0.2, 0.25) is 0 Å².